The van der Waals surface area contributed by atoms with Gasteiger partial charge in [0.1, 0.15) is 5.75 Å². The van der Waals surface area contributed by atoms with E-state index in [1.54, 1.807) is 18.3 Å². The SMILES string of the molecule is Oc1cncc(-c2cccc(Cl)c2)c1. The first kappa shape index (κ1) is 9.03. The van der Waals surface area contributed by atoms with Crippen LogP contribution in [0.5, 0.6) is 5.75 Å². The Morgan fingerprint density at radius 3 is 2.64 bits per heavy atom. The van der Waals surface area contributed by atoms with Gasteiger partial charge in [-0.05, 0) is 23.8 Å². The molecule has 0 aliphatic rings. The Hall–Kier alpha value is -1.54. The first-order valence-electron chi connectivity index (χ1n) is 4.16. The predicted molar refractivity (Wildman–Crippen MR) is 56.3 cm³/mol. The summed E-state index contributed by atoms with van der Waals surface area (Å²) < 4.78 is 0. The highest BCUT2D eigenvalue weighted by molar-refractivity contribution is 6.30. The van der Waals surface area contributed by atoms with Crippen molar-refractivity contribution in [3.05, 3.63) is 47.7 Å². The van der Waals surface area contributed by atoms with Gasteiger partial charge in [-0.2, -0.15) is 0 Å². The lowest BCUT2D eigenvalue weighted by Crippen LogP contribution is -1.79. The van der Waals surface area contributed by atoms with Crippen molar-refractivity contribution in [2.24, 2.45) is 0 Å². The second-order valence-corrected chi connectivity index (χ2v) is 3.38. The van der Waals surface area contributed by atoms with E-state index in [4.69, 9.17) is 11.6 Å². The Balaban J connectivity index is 2.49. The van der Waals surface area contributed by atoms with Crippen LogP contribution < -0.4 is 0 Å². The van der Waals surface area contributed by atoms with Crippen molar-refractivity contribution in [2.75, 3.05) is 0 Å². The number of rotatable bonds is 1. The van der Waals surface area contributed by atoms with E-state index in [0.717, 1.165) is 11.1 Å². The van der Waals surface area contributed by atoms with Crippen LogP contribution in [-0.4, -0.2) is 10.1 Å². The normalized spacial score (nSPS) is 10.1. The van der Waals surface area contributed by atoms with Gasteiger partial charge in [0.15, 0.2) is 0 Å². The summed E-state index contributed by atoms with van der Waals surface area (Å²) in [6.07, 6.45) is 3.08. The molecule has 1 heterocycles. The fraction of sp³-hybridized carbons (Fsp3) is 0. The van der Waals surface area contributed by atoms with Crippen LogP contribution in [0, 0.1) is 0 Å². The molecule has 2 rings (SSSR count). The molecule has 0 saturated heterocycles. The molecule has 14 heavy (non-hydrogen) atoms. The van der Waals surface area contributed by atoms with Crippen LogP contribution in [0.1, 0.15) is 0 Å². The van der Waals surface area contributed by atoms with Crippen LogP contribution in [0.25, 0.3) is 11.1 Å². The summed E-state index contributed by atoms with van der Waals surface area (Å²) in [4.78, 5) is 3.90. The van der Waals surface area contributed by atoms with E-state index in [-0.39, 0.29) is 5.75 Å². The maximum atomic E-state index is 9.25. The molecule has 0 unspecified atom stereocenters. The summed E-state index contributed by atoms with van der Waals surface area (Å²) in [6, 6.07) is 9.07. The molecular formula is C11H8ClNO. The van der Waals surface area contributed by atoms with Gasteiger partial charge in [-0.3, -0.25) is 4.98 Å². The fourth-order valence-electron chi connectivity index (χ4n) is 1.25. The number of pyridine rings is 1. The van der Waals surface area contributed by atoms with Crippen LogP contribution in [0.3, 0.4) is 0 Å². The number of halogens is 1. The van der Waals surface area contributed by atoms with Gasteiger partial charge in [-0.25, -0.2) is 0 Å². The molecule has 3 heteroatoms. The number of hydrogen-bond donors (Lipinski definition) is 1. The van der Waals surface area contributed by atoms with E-state index < -0.39 is 0 Å². The van der Waals surface area contributed by atoms with Crippen LogP contribution in [0.15, 0.2) is 42.7 Å². The average molecular weight is 206 g/mol. The van der Waals surface area contributed by atoms with Gasteiger partial charge in [-0.15, -0.1) is 0 Å². The standard InChI is InChI=1S/C11H8ClNO/c12-10-3-1-2-8(4-10)9-5-11(14)7-13-6-9/h1-7,14H. The van der Waals surface area contributed by atoms with E-state index in [1.807, 2.05) is 18.2 Å². The van der Waals surface area contributed by atoms with Gasteiger partial charge >= 0.3 is 0 Å². The van der Waals surface area contributed by atoms with E-state index >= 15 is 0 Å². The monoisotopic (exact) mass is 205 g/mol. The van der Waals surface area contributed by atoms with Crippen molar-refractivity contribution >= 4 is 11.6 Å². The first-order valence-corrected chi connectivity index (χ1v) is 4.53. The number of hydrogen-bond acceptors (Lipinski definition) is 2. The van der Waals surface area contributed by atoms with Gasteiger partial charge < -0.3 is 5.11 Å². The average Bonchev–Trinajstić information content (AvgIpc) is 2.18. The number of benzene rings is 1. The zero-order valence-corrected chi connectivity index (χ0v) is 8.07. The molecule has 0 spiro atoms. The first-order chi connectivity index (χ1) is 6.75. The summed E-state index contributed by atoms with van der Waals surface area (Å²) in [6.45, 7) is 0. The van der Waals surface area contributed by atoms with Gasteiger partial charge in [-0.1, -0.05) is 23.7 Å². The molecule has 0 amide bonds. The smallest absolute Gasteiger partial charge is 0.134 e. The summed E-state index contributed by atoms with van der Waals surface area (Å²) in [5.41, 5.74) is 1.80. The highest BCUT2D eigenvalue weighted by atomic mass is 35.5. The molecule has 2 nitrogen and oxygen atoms in total. The van der Waals surface area contributed by atoms with Gasteiger partial charge in [0, 0.05) is 16.8 Å². The Kier molecular flexibility index (Phi) is 2.37. The highest BCUT2D eigenvalue weighted by Crippen LogP contribution is 2.24. The Bertz CT molecular complexity index is 413. The van der Waals surface area contributed by atoms with Gasteiger partial charge in [0.2, 0.25) is 0 Å². The molecule has 1 N–H and O–H groups in total. The van der Waals surface area contributed by atoms with E-state index in [9.17, 15) is 5.11 Å². The molecule has 0 bridgehead atoms. The lowest BCUT2D eigenvalue weighted by molar-refractivity contribution is 0.473. The Morgan fingerprint density at radius 2 is 1.93 bits per heavy atom. The van der Waals surface area contributed by atoms with Gasteiger partial charge in [0.05, 0.1) is 6.20 Å². The molecule has 0 radical (unpaired) electrons. The largest absolute Gasteiger partial charge is 0.506 e. The minimum absolute atomic E-state index is 0.155. The minimum Gasteiger partial charge on any atom is -0.506 e. The van der Waals surface area contributed by atoms with Gasteiger partial charge in [0.25, 0.3) is 0 Å². The number of aromatic nitrogens is 1. The maximum absolute atomic E-state index is 9.25. The maximum Gasteiger partial charge on any atom is 0.134 e. The summed E-state index contributed by atoms with van der Waals surface area (Å²) in [7, 11) is 0. The van der Waals surface area contributed by atoms with Crippen molar-refractivity contribution in [1.82, 2.24) is 4.98 Å². The number of nitrogens with zero attached hydrogens (tertiary/aromatic N) is 1. The third kappa shape index (κ3) is 1.86. The highest BCUT2D eigenvalue weighted by Gasteiger charge is 1.99. The molecule has 0 fully saturated rings. The van der Waals surface area contributed by atoms with Crippen LogP contribution >= 0.6 is 11.6 Å². The second kappa shape index (κ2) is 3.68. The summed E-state index contributed by atoms with van der Waals surface area (Å²) in [5, 5.41) is 9.92. The molecule has 1 aromatic carbocycles. The quantitative estimate of drug-likeness (QED) is 0.776. The topological polar surface area (TPSA) is 33.1 Å². The van der Waals surface area contributed by atoms with Crippen molar-refractivity contribution in [1.29, 1.82) is 0 Å². The fourth-order valence-corrected chi connectivity index (χ4v) is 1.44. The molecule has 0 atom stereocenters. The Labute approximate surface area is 86.8 Å². The lowest BCUT2D eigenvalue weighted by atomic mass is 10.1. The summed E-state index contributed by atoms with van der Waals surface area (Å²) in [5.74, 6) is 0.155. The molecule has 0 saturated carbocycles. The predicted octanol–water partition coefficient (Wildman–Crippen LogP) is 3.11. The van der Waals surface area contributed by atoms with Crippen molar-refractivity contribution < 1.29 is 5.11 Å². The van der Waals surface area contributed by atoms with Crippen molar-refractivity contribution in [2.45, 2.75) is 0 Å². The van der Waals surface area contributed by atoms with Crippen LogP contribution in [0.4, 0.5) is 0 Å². The number of aromatic hydroxyl groups is 1. The molecule has 2 aromatic rings. The Morgan fingerprint density at radius 1 is 1.07 bits per heavy atom. The van der Waals surface area contributed by atoms with E-state index in [2.05, 4.69) is 4.98 Å². The van der Waals surface area contributed by atoms with Crippen LogP contribution in [0.2, 0.25) is 5.02 Å². The zero-order chi connectivity index (χ0) is 9.97. The molecule has 0 aliphatic carbocycles. The molecule has 70 valence electrons. The van der Waals surface area contributed by atoms with Crippen molar-refractivity contribution in [3.63, 3.8) is 0 Å². The third-order valence-corrected chi connectivity index (χ3v) is 2.12. The zero-order valence-electron chi connectivity index (χ0n) is 7.31. The lowest BCUT2D eigenvalue weighted by Gasteiger charge is -2.01. The third-order valence-electron chi connectivity index (χ3n) is 1.88. The van der Waals surface area contributed by atoms with E-state index in [0.29, 0.717) is 5.02 Å². The van der Waals surface area contributed by atoms with E-state index in [1.165, 1.54) is 6.20 Å². The van der Waals surface area contributed by atoms with Crippen LogP contribution in [-0.2, 0) is 0 Å². The summed E-state index contributed by atoms with van der Waals surface area (Å²) >= 11 is 5.85. The minimum atomic E-state index is 0.155. The molecular weight excluding hydrogens is 198 g/mol. The second-order valence-electron chi connectivity index (χ2n) is 2.94. The molecule has 1 aromatic heterocycles. The van der Waals surface area contributed by atoms with Crippen molar-refractivity contribution in [3.8, 4) is 16.9 Å². The molecule has 0 aliphatic heterocycles.